The van der Waals surface area contributed by atoms with Crippen molar-refractivity contribution < 1.29 is 34.4 Å². The van der Waals surface area contributed by atoms with E-state index in [1.54, 1.807) is 17.7 Å². The van der Waals surface area contributed by atoms with Gasteiger partial charge in [0, 0.05) is 58.4 Å². The summed E-state index contributed by atoms with van der Waals surface area (Å²) in [5.41, 5.74) is 5.55. The number of aliphatic hydroxyl groups is 1. The van der Waals surface area contributed by atoms with Crippen LogP contribution in [0.5, 0.6) is 0 Å². The number of benzene rings is 2. The van der Waals surface area contributed by atoms with Gasteiger partial charge in [0.05, 0.1) is 4.70 Å². The fourth-order valence-electron chi connectivity index (χ4n) is 6.54. The van der Waals surface area contributed by atoms with Crippen molar-refractivity contribution in [1.29, 1.82) is 0 Å². The molecule has 0 aliphatic carbocycles. The maximum absolute atomic E-state index is 12.2. The number of rotatable bonds is 10. The summed E-state index contributed by atoms with van der Waals surface area (Å²) in [4.78, 5) is 22.9. The number of thiophene rings is 2. The fourth-order valence-corrected chi connectivity index (χ4v) is 9.12. The van der Waals surface area contributed by atoms with Crippen LogP contribution in [-0.2, 0) is 36.7 Å². The third-order valence-corrected chi connectivity index (χ3v) is 13.4. The molecule has 0 saturated heterocycles. The molecular formula is C44H55IrN2O3S2-. The van der Waals surface area contributed by atoms with Crippen molar-refractivity contribution in [1.82, 2.24) is 9.97 Å². The van der Waals surface area contributed by atoms with Gasteiger partial charge in [-0.15, -0.1) is 34.9 Å². The van der Waals surface area contributed by atoms with Crippen LogP contribution < -0.4 is 0 Å². The van der Waals surface area contributed by atoms with E-state index in [-0.39, 0.29) is 47.9 Å². The maximum atomic E-state index is 12.2. The molecule has 2 aromatic carbocycles. The van der Waals surface area contributed by atoms with Gasteiger partial charge in [-0.1, -0.05) is 99.4 Å². The van der Waals surface area contributed by atoms with Gasteiger partial charge < -0.3 is 9.52 Å². The Labute approximate surface area is 331 Å². The average molecular weight is 916 g/mol. The van der Waals surface area contributed by atoms with E-state index >= 15 is 0 Å². The van der Waals surface area contributed by atoms with Crippen LogP contribution in [0, 0.1) is 29.7 Å². The topological polar surface area (TPSA) is 76.2 Å². The number of hydrogen-bond donors (Lipinski definition) is 1. The Morgan fingerprint density at radius 3 is 2.17 bits per heavy atom. The average Bonchev–Trinajstić information content (AvgIpc) is 3.82. The minimum atomic E-state index is -0.337. The SMILES string of the molecule is CCC(C)(CC)C(=O)/C=C(\O)C(C)(CC)CC.Cc1c(CC(C)C)sc2c1ccc1c2oc2ncnc(-c3[c-]c4ccsc4c(C(C)(C)C)c3)c21.[Ir]. The molecule has 1 radical (unpaired) electrons. The molecule has 0 fully saturated rings. The Kier molecular flexibility index (Phi) is 13.1. The summed E-state index contributed by atoms with van der Waals surface area (Å²) in [5, 5.41) is 16.7. The number of carbonyl (C=O) groups is 1. The van der Waals surface area contributed by atoms with E-state index in [1.165, 1.54) is 36.9 Å². The number of fused-ring (bicyclic) bond motifs is 6. The molecular weight excluding hydrogens is 861 g/mol. The van der Waals surface area contributed by atoms with Crippen LogP contribution in [-0.4, -0.2) is 20.9 Å². The summed E-state index contributed by atoms with van der Waals surface area (Å²) in [6.45, 7) is 25.6. The molecule has 6 aromatic rings. The van der Waals surface area contributed by atoms with E-state index in [1.807, 2.05) is 52.9 Å². The number of nitrogens with zero attached hydrogens (tertiary/aromatic N) is 2. The van der Waals surface area contributed by atoms with Crippen LogP contribution in [0.2, 0.25) is 0 Å². The first-order valence-corrected chi connectivity index (χ1v) is 20.2. The number of carbonyl (C=O) groups excluding carboxylic acids is 1. The predicted molar refractivity (Wildman–Crippen MR) is 219 cm³/mol. The molecule has 1 N–H and O–H groups in total. The van der Waals surface area contributed by atoms with Gasteiger partial charge in [-0.3, -0.25) is 9.78 Å². The number of aromatic nitrogens is 2. The van der Waals surface area contributed by atoms with Crippen LogP contribution in [0.15, 0.2) is 52.2 Å². The second-order valence-electron chi connectivity index (χ2n) is 16.0. The Morgan fingerprint density at radius 1 is 0.942 bits per heavy atom. The molecule has 52 heavy (non-hydrogen) atoms. The Balaban J connectivity index is 0.000000289. The van der Waals surface area contributed by atoms with Gasteiger partial charge in [0.1, 0.15) is 12.1 Å². The molecule has 0 atom stereocenters. The number of aliphatic hydroxyl groups excluding tert-OH is 1. The molecule has 0 amide bonds. The van der Waals surface area contributed by atoms with Gasteiger partial charge in [-0.05, 0) is 71.4 Å². The van der Waals surface area contributed by atoms with Crippen LogP contribution in [0.4, 0.5) is 0 Å². The van der Waals surface area contributed by atoms with E-state index in [0.29, 0.717) is 11.6 Å². The number of furan rings is 1. The Bertz CT molecular complexity index is 2220. The number of hydrogen-bond acceptors (Lipinski definition) is 7. The standard InChI is InChI=1S/C29H27N2OS2.C15H28O2.Ir/c1-15(2)11-22-16(3)19-7-8-20-23-24(30-14-31-28(23)32-25(20)27(19)34-22)18-12-17-9-10-33-26(17)21(13-18)29(4,5)6;1-7-14(5,8-2)12(16)11-13(17)15(6,9-3)10-4;/h7-10,13-15H,11H2,1-6H3;11,16H,7-10H2,1-6H3;/q-1;;/b;12-11-;. The summed E-state index contributed by atoms with van der Waals surface area (Å²) in [7, 11) is 0. The predicted octanol–water partition coefficient (Wildman–Crippen LogP) is 13.7. The normalized spacial score (nSPS) is 12.9. The zero-order chi connectivity index (χ0) is 37.5. The Hall–Kier alpha value is -2.90. The summed E-state index contributed by atoms with van der Waals surface area (Å²) in [6.07, 6.45) is 7.46. The molecule has 0 saturated carbocycles. The molecule has 0 unspecified atom stereocenters. The van der Waals surface area contributed by atoms with Crippen molar-refractivity contribution in [2.75, 3.05) is 0 Å². The second-order valence-corrected chi connectivity index (χ2v) is 18.0. The minimum absolute atomic E-state index is 0. The quantitative estimate of drug-likeness (QED) is 0.0842. The van der Waals surface area contributed by atoms with Gasteiger partial charge in [0.25, 0.3) is 0 Å². The summed E-state index contributed by atoms with van der Waals surface area (Å²) < 4.78 is 8.93. The first-order chi connectivity index (χ1) is 24.0. The van der Waals surface area contributed by atoms with Crippen molar-refractivity contribution >= 4 is 70.7 Å². The van der Waals surface area contributed by atoms with E-state index in [2.05, 4.69) is 82.2 Å². The van der Waals surface area contributed by atoms with E-state index in [4.69, 9.17) is 9.40 Å². The molecule has 6 rings (SSSR count). The van der Waals surface area contributed by atoms with E-state index in [0.717, 1.165) is 65.1 Å². The largest absolute Gasteiger partial charge is 0.512 e. The molecule has 4 heterocycles. The molecule has 5 nitrogen and oxygen atoms in total. The molecule has 8 heteroatoms. The maximum Gasteiger partial charge on any atom is 0.223 e. The molecule has 4 aromatic heterocycles. The zero-order valence-electron chi connectivity index (χ0n) is 33.0. The van der Waals surface area contributed by atoms with Crippen molar-refractivity contribution in [2.45, 2.75) is 121 Å². The van der Waals surface area contributed by atoms with Gasteiger partial charge in [0.15, 0.2) is 11.4 Å². The van der Waals surface area contributed by atoms with Crippen LogP contribution >= 0.6 is 22.7 Å². The second kappa shape index (κ2) is 16.2. The van der Waals surface area contributed by atoms with Crippen molar-refractivity contribution in [2.24, 2.45) is 16.7 Å². The van der Waals surface area contributed by atoms with Crippen LogP contribution in [0.3, 0.4) is 0 Å². The number of aryl methyl sites for hydroxylation is 1. The van der Waals surface area contributed by atoms with Crippen molar-refractivity contribution in [3.8, 4) is 11.3 Å². The monoisotopic (exact) mass is 916 g/mol. The fraction of sp³-hybridized carbons (Fsp3) is 0.477. The van der Waals surface area contributed by atoms with Gasteiger partial charge in [-0.25, -0.2) is 4.98 Å². The molecule has 0 aliphatic rings. The Morgan fingerprint density at radius 2 is 1.58 bits per heavy atom. The third-order valence-electron chi connectivity index (χ3n) is 11.2. The van der Waals surface area contributed by atoms with Crippen LogP contribution in [0.25, 0.3) is 53.5 Å². The summed E-state index contributed by atoms with van der Waals surface area (Å²) in [5.74, 6) is 0.906. The smallest absolute Gasteiger partial charge is 0.223 e. The molecule has 0 bridgehead atoms. The third kappa shape index (κ3) is 7.97. The van der Waals surface area contributed by atoms with Crippen molar-refractivity contribution in [3.63, 3.8) is 0 Å². The van der Waals surface area contributed by atoms with Gasteiger partial charge >= 0.3 is 0 Å². The van der Waals surface area contributed by atoms with Crippen LogP contribution in [0.1, 0.15) is 118 Å². The number of ketones is 1. The minimum Gasteiger partial charge on any atom is -0.512 e. The zero-order valence-corrected chi connectivity index (χ0v) is 37.0. The summed E-state index contributed by atoms with van der Waals surface area (Å²) >= 11 is 3.64. The first kappa shape index (κ1) is 41.8. The van der Waals surface area contributed by atoms with E-state index < -0.39 is 0 Å². The van der Waals surface area contributed by atoms with Gasteiger partial charge in [-0.2, -0.15) is 11.3 Å². The number of allylic oxidation sites excluding steroid dienone is 2. The summed E-state index contributed by atoms with van der Waals surface area (Å²) in [6, 6.07) is 12.5. The first-order valence-electron chi connectivity index (χ1n) is 18.5. The molecule has 0 spiro atoms. The van der Waals surface area contributed by atoms with Gasteiger partial charge in [0.2, 0.25) is 5.71 Å². The molecule has 281 valence electrons. The molecule has 0 aliphatic heterocycles. The van der Waals surface area contributed by atoms with Crippen molar-refractivity contribution in [3.05, 3.63) is 69.9 Å². The van der Waals surface area contributed by atoms with E-state index in [9.17, 15) is 9.90 Å².